The van der Waals surface area contributed by atoms with Gasteiger partial charge in [-0.1, -0.05) is 0 Å². The number of nitrogens with zero attached hydrogens (tertiary/aromatic N) is 2. The lowest BCUT2D eigenvalue weighted by Crippen LogP contribution is -2.38. The zero-order chi connectivity index (χ0) is 17.9. The van der Waals surface area contributed by atoms with Gasteiger partial charge in [0.15, 0.2) is 0 Å². The van der Waals surface area contributed by atoms with E-state index in [1.165, 1.54) is 11.4 Å². The molecule has 24 heavy (non-hydrogen) atoms. The number of likely N-dealkylation sites (tertiary alicyclic amines) is 1. The maximum absolute atomic E-state index is 13.6. The van der Waals surface area contributed by atoms with Crippen molar-refractivity contribution in [1.82, 2.24) is 9.21 Å². The Balaban J connectivity index is 2.26. The van der Waals surface area contributed by atoms with Gasteiger partial charge in [0.05, 0.1) is 17.6 Å². The molecule has 0 unspecified atom stereocenters. The highest BCUT2D eigenvalue weighted by molar-refractivity contribution is 7.89. The van der Waals surface area contributed by atoms with Crippen LogP contribution in [-0.2, 0) is 14.8 Å². The van der Waals surface area contributed by atoms with Gasteiger partial charge in [-0.2, -0.15) is 0 Å². The second-order valence-corrected chi connectivity index (χ2v) is 8.18. The fraction of sp³-hybridized carbons (Fsp3) is 0.562. The van der Waals surface area contributed by atoms with Gasteiger partial charge >= 0.3 is 5.97 Å². The average Bonchev–Trinajstić information content (AvgIpc) is 2.56. The van der Waals surface area contributed by atoms with Crippen LogP contribution in [0.15, 0.2) is 23.1 Å². The molecule has 0 bridgehead atoms. The maximum atomic E-state index is 13.6. The monoisotopic (exact) mass is 358 g/mol. The van der Waals surface area contributed by atoms with Crippen molar-refractivity contribution in [3.63, 3.8) is 0 Å². The van der Waals surface area contributed by atoms with E-state index in [0.29, 0.717) is 6.54 Å². The summed E-state index contributed by atoms with van der Waals surface area (Å²) in [7, 11) is 0.668. The van der Waals surface area contributed by atoms with Crippen LogP contribution in [0.5, 0.6) is 0 Å². The van der Waals surface area contributed by atoms with Crippen molar-refractivity contribution in [2.75, 3.05) is 40.8 Å². The fourth-order valence-corrected chi connectivity index (χ4v) is 4.30. The number of hydrogen-bond donors (Lipinski definition) is 0. The van der Waals surface area contributed by atoms with Crippen LogP contribution in [-0.4, -0.2) is 64.4 Å². The molecule has 0 N–H and O–H groups in total. The summed E-state index contributed by atoms with van der Waals surface area (Å²) in [5.41, 5.74) is -0.158. The number of esters is 1. The number of piperidine rings is 1. The van der Waals surface area contributed by atoms with Crippen molar-refractivity contribution in [3.05, 3.63) is 29.6 Å². The molecule has 0 spiro atoms. The van der Waals surface area contributed by atoms with E-state index in [2.05, 4.69) is 9.64 Å². The molecule has 1 aliphatic rings. The number of ether oxygens (including phenoxy) is 1. The molecular formula is C16H23FN2O4S. The molecule has 0 amide bonds. The Kier molecular flexibility index (Phi) is 5.95. The highest BCUT2D eigenvalue weighted by atomic mass is 32.2. The summed E-state index contributed by atoms with van der Waals surface area (Å²) in [6.07, 6.45) is 1.81. The topological polar surface area (TPSA) is 66.9 Å². The van der Waals surface area contributed by atoms with E-state index in [0.717, 1.165) is 51.2 Å². The van der Waals surface area contributed by atoms with E-state index >= 15 is 0 Å². The normalized spacial score (nSPS) is 17.2. The van der Waals surface area contributed by atoms with Gasteiger partial charge in [-0.05, 0) is 57.1 Å². The summed E-state index contributed by atoms with van der Waals surface area (Å²) in [5.74, 6) is -1.27. The fourth-order valence-electron chi connectivity index (χ4n) is 2.86. The Morgan fingerprint density at radius 3 is 2.58 bits per heavy atom. The van der Waals surface area contributed by atoms with Gasteiger partial charge < -0.3 is 9.64 Å². The highest BCUT2D eigenvalue weighted by Gasteiger charge is 2.30. The number of halogens is 1. The molecule has 6 nitrogen and oxygen atoms in total. The number of carbonyl (C=O) groups excluding carboxylic acids is 1. The molecule has 1 saturated heterocycles. The second kappa shape index (κ2) is 7.58. The number of hydrogen-bond acceptors (Lipinski definition) is 5. The lowest BCUT2D eigenvalue weighted by Gasteiger charge is -2.31. The lowest BCUT2D eigenvalue weighted by molar-refractivity contribution is 0.0596. The standard InChI is InChI=1S/C16H23FN2O4S/c1-18-8-6-12(7-9-18)11-19(2)24(21,22)15-10-13(17)4-5-14(15)16(20)23-3/h4-5,10,12H,6-9,11H2,1-3H3. The summed E-state index contributed by atoms with van der Waals surface area (Å²) >= 11 is 0. The molecule has 1 aromatic rings. The van der Waals surface area contributed by atoms with Gasteiger partial charge in [-0.15, -0.1) is 0 Å². The van der Waals surface area contributed by atoms with Crippen LogP contribution < -0.4 is 0 Å². The first kappa shape index (κ1) is 18.8. The van der Waals surface area contributed by atoms with E-state index in [4.69, 9.17) is 0 Å². The van der Waals surface area contributed by atoms with Gasteiger partial charge in [0.25, 0.3) is 0 Å². The average molecular weight is 358 g/mol. The third-order valence-corrected chi connectivity index (χ3v) is 6.25. The molecule has 0 aromatic heterocycles. The van der Waals surface area contributed by atoms with Crippen LogP contribution in [0.1, 0.15) is 23.2 Å². The van der Waals surface area contributed by atoms with Crippen LogP contribution in [0.4, 0.5) is 4.39 Å². The first-order valence-corrected chi connectivity index (χ1v) is 9.22. The van der Waals surface area contributed by atoms with Crippen molar-refractivity contribution in [3.8, 4) is 0 Å². The minimum absolute atomic E-state index is 0.158. The number of methoxy groups -OCH3 is 1. The number of sulfonamides is 1. The third-order valence-electron chi connectivity index (χ3n) is 4.39. The first-order valence-electron chi connectivity index (χ1n) is 7.78. The zero-order valence-electron chi connectivity index (χ0n) is 14.2. The Bertz CT molecular complexity index is 700. The Morgan fingerprint density at radius 2 is 2.00 bits per heavy atom. The smallest absolute Gasteiger partial charge is 0.339 e. The van der Waals surface area contributed by atoms with Crippen molar-refractivity contribution in [2.24, 2.45) is 5.92 Å². The van der Waals surface area contributed by atoms with Gasteiger partial charge in [0.1, 0.15) is 5.82 Å². The molecule has 1 aliphatic heterocycles. The Morgan fingerprint density at radius 1 is 1.38 bits per heavy atom. The summed E-state index contributed by atoms with van der Waals surface area (Å²) in [5, 5.41) is 0. The SMILES string of the molecule is COC(=O)c1ccc(F)cc1S(=O)(=O)N(C)CC1CCN(C)CC1. The number of benzene rings is 1. The second-order valence-electron chi connectivity index (χ2n) is 6.16. The van der Waals surface area contributed by atoms with Crippen LogP contribution in [0.25, 0.3) is 0 Å². The van der Waals surface area contributed by atoms with E-state index in [9.17, 15) is 17.6 Å². The van der Waals surface area contributed by atoms with E-state index in [-0.39, 0.29) is 16.4 Å². The lowest BCUT2D eigenvalue weighted by atomic mass is 9.97. The Labute approximate surface area is 142 Å². The third kappa shape index (κ3) is 4.12. The predicted molar refractivity (Wildman–Crippen MR) is 87.8 cm³/mol. The van der Waals surface area contributed by atoms with Crippen molar-refractivity contribution >= 4 is 16.0 Å². The van der Waals surface area contributed by atoms with Crippen LogP contribution in [0.2, 0.25) is 0 Å². The largest absolute Gasteiger partial charge is 0.465 e. The molecule has 0 atom stereocenters. The molecule has 0 saturated carbocycles. The molecule has 134 valence electrons. The molecule has 1 aromatic carbocycles. The van der Waals surface area contributed by atoms with Gasteiger partial charge in [0.2, 0.25) is 10.0 Å². The van der Waals surface area contributed by atoms with Gasteiger partial charge in [-0.25, -0.2) is 21.9 Å². The summed E-state index contributed by atoms with van der Waals surface area (Å²) in [6, 6.07) is 3.05. The quantitative estimate of drug-likeness (QED) is 0.748. The first-order chi connectivity index (χ1) is 11.3. The minimum Gasteiger partial charge on any atom is -0.465 e. The molecular weight excluding hydrogens is 335 g/mol. The van der Waals surface area contributed by atoms with Gasteiger partial charge in [-0.3, -0.25) is 0 Å². The highest BCUT2D eigenvalue weighted by Crippen LogP contribution is 2.24. The molecule has 0 radical (unpaired) electrons. The maximum Gasteiger partial charge on any atom is 0.339 e. The molecule has 1 fully saturated rings. The molecule has 2 rings (SSSR count). The number of rotatable bonds is 5. The van der Waals surface area contributed by atoms with Crippen molar-refractivity contribution < 1.29 is 22.3 Å². The van der Waals surface area contributed by atoms with E-state index < -0.39 is 21.8 Å². The van der Waals surface area contributed by atoms with E-state index in [1.807, 2.05) is 7.05 Å². The van der Waals surface area contributed by atoms with Crippen molar-refractivity contribution in [1.29, 1.82) is 0 Å². The van der Waals surface area contributed by atoms with Crippen LogP contribution in [0.3, 0.4) is 0 Å². The Hall–Kier alpha value is -1.51. The molecule has 0 aliphatic carbocycles. The van der Waals surface area contributed by atoms with Gasteiger partial charge in [0, 0.05) is 13.6 Å². The minimum atomic E-state index is -3.98. The van der Waals surface area contributed by atoms with Crippen LogP contribution >= 0.6 is 0 Å². The number of carbonyl (C=O) groups is 1. The molecule has 8 heteroatoms. The van der Waals surface area contributed by atoms with Crippen molar-refractivity contribution in [2.45, 2.75) is 17.7 Å². The predicted octanol–water partition coefficient (Wildman–Crippen LogP) is 1.57. The summed E-state index contributed by atoms with van der Waals surface area (Å²) in [6.45, 7) is 2.19. The van der Waals surface area contributed by atoms with Crippen LogP contribution in [0, 0.1) is 11.7 Å². The summed E-state index contributed by atoms with van der Waals surface area (Å²) in [4.78, 5) is 13.7. The summed E-state index contributed by atoms with van der Waals surface area (Å²) < 4.78 is 45.0. The molecule has 1 heterocycles. The van der Waals surface area contributed by atoms with E-state index in [1.54, 1.807) is 0 Å². The zero-order valence-corrected chi connectivity index (χ0v) is 15.0.